The van der Waals surface area contributed by atoms with Crippen molar-refractivity contribution in [2.75, 3.05) is 0 Å². The molecule has 2 fully saturated rings. The first kappa shape index (κ1) is 8.50. The molecule has 4 atom stereocenters. The highest BCUT2D eigenvalue weighted by Crippen LogP contribution is 2.43. The molecule has 2 N–H and O–H groups in total. The largest absolute Gasteiger partial charge is 0.481 e. The van der Waals surface area contributed by atoms with Gasteiger partial charge in [0, 0.05) is 0 Å². The Bertz CT molecular complexity index is 235. The van der Waals surface area contributed by atoms with Gasteiger partial charge in [-0.25, -0.2) is 0 Å². The van der Waals surface area contributed by atoms with Crippen LogP contribution in [0.2, 0.25) is 0 Å². The van der Waals surface area contributed by atoms with E-state index in [1.54, 1.807) is 0 Å². The highest BCUT2D eigenvalue weighted by Gasteiger charge is 2.55. The van der Waals surface area contributed by atoms with Gasteiger partial charge < -0.3 is 14.9 Å². The molecule has 0 spiro atoms. The Balaban J connectivity index is 2.24. The molecule has 2 aliphatic heterocycles. The molecule has 2 heterocycles. The minimum absolute atomic E-state index is 0.386. The molecule has 0 radical (unpaired) electrons. The summed E-state index contributed by atoms with van der Waals surface area (Å²) in [5.74, 6) is -3.81. The Hall–Kier alpha value is -1.10. The van der Waals surface area contributed by atoms with Crippen LogP contribution in [-0.4, -0.2) is 34.4 Å². The fourth-order valence-corrected chi connectivity index (χ4v) is 2.31. The van der Waals surface area contributed by atoms with Gasteiger partial charge in [0.1, 0.15) is 0 Å². The molecule has 0 aromatic carbocycles. The third-order valence-electron chi connectivity index (χ3n) is 2.84. The lowest BCUT2D eigenvalue weighted by atomic mass is 9.79. The summed E-state index contributed by atoms with van der Waals surface area (Å²) in [6.07, 6.45) is 0.573. The molecule has 13 heavy (non-hydrogen) atoms. The van der Waals surface area contributed by atoms with Crippen molar-refractivity contribution in [3.8, 4) is 0 Å². The summed E-state index contributed by atoms with van der Waals surface area (Å²) in [7, 11) is 0. The van der Waals surface area contributed by atoms with Crippen molar-refractivity contribution in [1.82, 2.24) is 0 Å². The maximum Gasteiger partial charge on any atom is 0.310 e. The molecule has 0 unspecified atom stereocenters. The number of hydrogen-bond acceptors (Lipinski definition) is 3. The minimum Gasteiger partial charge on any atom is -0.481 e. The van der Waals surface area contributed by atoms with Crippen LogP contribution >= 0.6 is 0 Å². The number of fused-ring (bicyclic) bond motifs is 2. The van der Waals surface area contributed by atoms with E-state index in [0.717, 1.165) is 0 Å². The fourth-order valence-electron chi connectivity index (χ4n) is 2.31. The molecule has 72 valence electrons. The lowest BCUT2D eigenvalue weighted by Gasteiger charge is -2.20. The lowest BCUT2D eigenvalue weighted by molar-refractivity contribution is -0.154. The maximum atomic E-state index is 10.8. The van der Waals surface area contributed by atoms with Crippen LogP contribution < -0.4 is 0 Å². The quantitative estimate of drug-likeness (QED) is 0.631. The summed E-state index contributed by atoms with van der Waals surface area (Å²) in [6.45, 7) is 0. The molecular weight excluding hydrogens is 176 g/mol. The van der Waals surface area contributed by atoms with Crippen molar-refractivity contribution in [2.24, 2.45) is 11.8 Å². The monoisotopic (exact) mass is 186 g/mol. The predicted molar refractivity (Wildman–Crippen MR) is 40.1 cm³/mol. The van der Waals surface area contributed by atoms with Gasteiger partial charge in [0.25, 0.3) is 0 Å². The Morgan fingerprint density at radius 3 is 1.69 bits per heavy atom. The molecule has 2 bridgehead atoms. The van der Waals surface area contributed by atoms with Crippen LogP contribution in [0.3, 0.4) is 0 Å². The Morgan fingerprint density at radius 1 is 1.00 bits per heavy atom. The average molecular weight is 186 g/mol. The molecule has 0 aromatic heterocycles. The summed E-state index contributed by atoms with van der Waals surface area (Å²) < 4.78 is 5.26. The van der Waals surface area contributed by atoms with Gasteiger partial charge in [-0.05, 0) is 12.8 Å². The van der Waals surface area contributed by atoms with E-state index in [-0.39, 0.29) is 12.2 Å². The van der Waals surface area contributed by atoms with E-state index in [2.05, 4.69) is 0 Å². The zero-order chi connectivity index (χ0) is 9.59. The van der Waals surface area contributed by atoms with Gasteiger partial charge in [-0.3, -0.25) is 9.59 Å². The molecule has 0 saturated carbocycles. The van der Waals surface area contributed by atoms with Crippen LogP contribution in [0.1, 0.15) is 12.8 Å². The van der Waals surface area contributed by atoms with Crippen molar-refractivity contribution in [1.29, 1.82) is 0 Å². The lowest BCUT2D eigenvalue weighted by Crippen LogP contribution is -2.38. The molecule has 5 nitrogen and oxygen atoms in total. The molecule has 2 aliphatic rings. The van der Waals surface area contributed by atoms with Gasteiger partial charge in [-0.15, -0.1) is 0 Å². The molecule has 2 rings (SSSR count). The fraction of sp³-hybridized carbons (Fsp3) is 0.750. The summed E-state index contributed by atoms with van der Waals surface area (Å²) >= 11 is 0. The molecule has 2 saturated heterocycles. The van der Waals surface area contributed by atoms with Crippen molar-refractivity contribution < 1.29 is 24.5 Å². The molecule has 0 aromatic rings. The van der Waals surface area contributed by atoms with Gasteiger partial charge in [0.05, 0.1) is 24.0 Å². The molecule has 5 heteroatoms. The number of aliphatic carboxylic acids is 2. The Morgan fingerprint density at radius 2 is 1.38 bits per heavy atom. The smallest absolute Gasteiger partial charge is 0.310 e. The number of hydrogen-bond donors (Lipinski definition) is 2. The highest BCUT2D eigenvalue weighted by atomic mass is 16.5. The number of carboxylic acid groups (broad SMARTS) is 2. The summed E-state index contributed by atoms with van der Waals surface area (Å²) in [5.41, 5.74) is 0. The summed E-state index contributed by atoms with van der Waals surface area (Å²) in [6, 6.07) is 0. The van der Waals surface area contributed by atoms with Crippen LogP contribution in [-0.2, 0) is 14.3 Å². The third kappa shape index (κ3) is 1.11. The van der Waals surface area contributed by atoms with Crippen LogP contribution in [0.15, 0.2) is 0 Å². The second-order valence-electron chi connectivity index (χ2n) is 3.52. The van der Waals surface area contributed by atoms with E-state index in [0.29, 0.717) is 12.8 Å². The predicted octanol–water partition coefficient (Wildman–Crippen LogP) is -0.0508. The van der Waals surface area contributed by atoms with Gasteiger partial charge >= 0.3 is 11.9 Å². The highest BCUT2D eigenvalue weighted by molar-refractivity contribution is 5.82. The molecule has 0 aliphatic carbocycles. The second-order valence-corrected chi connectivity index (χ2v) is 3.52. The first-order valence-electron chi connectivity index (χ1n) is 4.22. The van der Waals surface area contributed by atoms with E-state index in [9.17, 15) is 9.59 Å². The van der Waals surface area contributed by atoms with Crippen LogP contribution in [0.4, 0.5) is 0 Å². The van der Waals surface area contributed by atoms with Gasteiger partial charge in [0.2, 0.25) is 0 Å². The van der Waals surface area contributed by atoms with Gasteiger partial charge in [-0.2, -0.15) is 0 Å². The van der Waals surface area contributed by atoms with Crippen molar-refractivity contribution in [2.45, 2.75) is 25.0 Å². The Kier molecular flexibility index (Phi) is 1.76. The number of rotatable bonds is 2. The van der Waals surface area contributed by atoms with Gasteiger partial charge in [-0.1, -0.05) is 0 Å². The van der Waals surface area contributed by atoms with E-state index in [1.165, 1.54) is 0 Å². The first-order valence-corrected chi connectivity index (χ1v) is 4.22. The van der Waals surface area contributed by atoms with E-state index >= 15 is 0 Å². The number of ether oxygens (including phenoxy) is 1. The first-order chi connectivity index (χ1) is 6.11. The number of carboxylic acids is 2. The maximum absolute atomic E-state index is 10.8. The van der Waals surface area contributed by atoms with Crippen LogP contribution in [0, 0.1) is 11.8 Å². The van der Waals surface area contributed by atoms with Crippen LogP contribution in [0.25, 0.3) is 0 Å². The standard InChI is InChI=1S/C8H10O5/c9-7(10)5-3-1-2-4(13-3)6(5)8(11)12/h3-6H,1-2H2,(H,9,10)(H,11,12)/t3-,4+,5+,6-. The summed E-state index contributed by atoms with van der Waals surface area (Å²) in [5, 5.41) is 17.6. The zero-order valence-corrected chi connectivity index (χ0v) is 6.84. The van der Waals surface area contributed by atoms with Gasteiger partial charge in [0.15, 0.2) is 0 Å². The van der Waals surface area contributed by atoms with Crippen molar-refractivity contribution in [3.05, 3.63) is 0 Å². The topological polar surface area (TPSA) is 83.8 Å². The van der Waals surface area contributed by atoms with Crippen molar-refractivity contribution >= 4 is 11.9 Å². The number of carbonyl (C=O) groups is 2. The molecular formula is C8H10O5. The zero-order valence-electron chi connectivity index (χ0n) is 6.84. The minimum atomic E-state index is -1.06. The Labute approximate surface area is 74.3 Å². The van der Waals surface area contributed by atoms with E-state index in [1.807, 2.05) is 0 Å². The average Bonchev–Trinajstić information content (AvgIpc) is 2.60. The third-order valence-corrected chi connectivity index (χ3v) is 2.84. The van der Waals surface area contributed by atoms with Crippen LogP contribution in [0.5, 0.6) is 0 Å². The second kappa shape index (κ2) is 2.70. The van der Waals surface area contributed by atoms with Crippen molar-refractivity contribution in [3.63, 3.8) is 0 Å². The van der Waals surface area contributed by atoms with E-state index in [4.69, 9.17) is 14.9 Å². The SMILES string of the molecule is O=C(O)[C@@H]1[C@H](C(=O)O)[C@@H]2CC[C@H]1O2. The molecule has 0 amide bonds. The normalized spacial score (nSPS) is 42.2. The summed E-state index contributed by atoms with van der Waals surface area (Å²) in [4.78, 5) is 21.5. The van der Waals surface area contributed by atoms with E-state index < -0.39 is 23.8 Å².